The number of hydrazone groups is 2. The molecule has 0 saturated carbocycles. The highest BCUT2D eigenvalue weighted by Crippen LogP contribution is 2.14. The molecule has 1 aromatic rings. The van der Waals surface area contributed by atoms with Gasteiger partial charge in [-0.2, -0.15) is 10.2 Å². The van der Waals surface area contributed by atoms with E-state index in [0.29, 0.717) is 5.75 Å². The molecular weight excluding hydrogens is 260 g/mol. The summed E-state index contributed by atoms with van der Waals surface area (Å²) in [5.74, 6) is -0.740. The second-order valence-corrected chi connectivity index (χ2v) is 4.14. The molecule has 7 heteroatoms. The van der Waals surface area contributed by atoms with Crippen LogP contribution in [0.5, 0.6) is 5.75 Å². The van der Waals surface area contributed by atoms with Crippen molar-refractivity contribution in [3.05, 3.63) is 29.8 Å². The van der Waals surface area contributed by atoms with Crippen LogP contribution in [-0.4, -0.2) is 30.9 Å². The predicted molar refractivity (Wildman–Crippen MR) is 73.5 cm³/mol. The molecule has 104 valence electrons. The van der Waals surface area contributed by atoms with E-state index in [1.807, 2.05) is 12.1 Å². The zero-order valence-electron chi connectivity index (χ0n) is 11.1. The molecule has 0 spiro atoms. The molecule has 1 heterocycles. The van der Waals surface area contributed by atoms with Crippen LogP contribution in [0.2, 0.25) is 0 Å². The average Bonchev–Trinajstić information content (AvgIpc) is 2.79. The van der Waals surface area contributed by atoms with Gasteiger partial charge in [0.15, 0.2) is 0 Å². The summed E-state index contributed by atoms with van der Waals surface area (Å²) >= 11 is 0. The standard InChI is InChI=1S/C13H14N4O3/c1-8-11(15-17-12(8)18)13(19)16-14-7-9-5-3-4-6-10(9)20-2/h3-8H,1-2H3,(H,16,19)(H,17,18)/b14-7-. The summed E-state index contributed by atoms with van der Waals surface area (Å²) in [5.41, 5.74) is 5.42. The van der Waals surface area contributed by atoms with E-state index in [2.05, 4.69) is 21.1 Å². The number of carbonyl (C=O) groups is 2. The summed E-state index contributed by atoms with van der Waals surface area (Å²) < 4.78 is 5.15. The zero-order valence-corrected chi connectivity index (χ0v) is 11.1. The van der Waals surface area contributed by atoms with E-state index in [0.717, 1.165) is 5.56 Å². The summed E-state index contributed by atoms with van der Waals surface area (Å²) in [6.07, 6.45) is 1.46. The Labute approximate surface area is 115 Å². The first kappa shape index (κ1) is 13.7. The van der Waals surface area contributed by atoms with E-state index >= 15 is 0 Å². The Morgan fingerprint density at radius 1 is 1.50 bits per heavy atom. The van der Waals surface area contributed by atoms with Crippen LogP contribution in [0.25, 0.3) is 0 Å². The van der Waals surface area contributed by atoms with Gasteiger partial charge < -0.3 is 4.74 Å². The van der Waals surface area contributed by atoms with Crippen LogP contribution in [0.1, 0.15) is 12.5 Å². The van der Waals surface area contributed by atoms with Crippen molar-refractivity contribution < 1.29 is 14.3 Å². The largest absolute Gasteiger partial charge is 0.496 e. The van der Waals surface area contributed by atoms with E-state index in [1.165, 1.54) is 6.21 Å². The van der Waals surface area contributed by atoms with E-state index in [-0.39, 0.29) is 11.6 Å². The third kappa shape index (κ3) is 2.82. The fourth-order valence-corrected chi connectivity index (χ4v) is 1.67. The maximum absolute atomic E-state index is 11.8. The van der Waals surface area contributed by atoms with Gasteiger partial charge in [-0.05, 0) is 19.1 Å². The fraction of sp³-hybridized carbons (Fsp3) is 0.231. The third-order valence-corrected chi connectivity index (χ3v) is 2.83. The van der Waals surface area contributed by atoms with Gasteiger partial charge >= 0.3 is 0 Å². The lowest BCUT2D eigenvalue weighted by molar-refractivity contribution is -0.122. The number of carbonyl (C=O) groups excluding carboxylic acids is 2. The van der Waals surface area contributed by atoms with E-state index < -0.39 is 11.8 Å². The first-order valence-electron chi connectivity index (χ1n) is 5.97. The summed E-state index contributed by atoms with van der Waals surface area (Å²) in [4.78, 5) is 23.0. The predicted octanol–water partition coefficient (Wildman–Crippen LogP) is 0.267. The number of amides is 2. The number of methoxy groups -OCH3 is 1. The summed E-state index contributed by atoms with van der Waals surface area (Å²) in [6.45, 7) is 1.60. The summed E-state index contributed by atoms with van der Waals surface area (Å²) in [5, 5.41) is 7.49. The van der Waals surface area contributed by atoms with Gasteiger partial charge in [0.2, 0.25) is 5.91 Å². The number of hydrogen-bond donors (Lipinski definition) is 2. The SMILES string of the molecule is COc1ccccc1/C=N\NC(=O)C1=NNC(=O)C1C. The number of ether oxygens (including phenoxy) is 1. The molecule has 0 aliphatic carbocycles. The van der Waals surface area contributed by atoms with Crippen LogP contribution in [0.15, 0.2) is 34.5 Å². The number of nitrogens with one attached hydrogen (secondary N) is 2. The Morgan fingerprint density at radius 3 is 2.90 bits per heavy atom. The second-order valence-electron chi connectivity index (χ2n) is 4.14. The van der Waals surface area contributed by atoms with Crippen molar-refractivity contribution in [3.63, 3.8) is 0 Å². The highest BCUT2D eigenvalue weighted by Gasteiger charge is 2.30. The lowest BCUT2D eigenvalue weighted by Crippen LogP contribution is -2.32. The molecule has 2 amide bonds. The van der Waals surface area contributed by atoms with Gasteiger partial charge in [0.25, 0.3) is 5.91 Å². The first-order chi connectivity index (χ1) is 9.63. The van der Waals surface area contributed by atoms with Crippen molar-refractivity contribution in [2.45, 2.75) is 6.92 Å². The molecule has 0 saturated heterocycles. The maximum atomic E-state index is 11.8. The summed E-state index contributed by atoms with van der Waals surface area (Å²) in [7, 11) is 1.55. The molecule has 7 nitrogen and oxygen atoms in total. The normalized spacial score (nSPS) is 17.8. The molecule has 0 aromatic heterocycles. The van der Waals surface area contributed by atoms with Crippen LogP contribution >= 0.6 is 0 Å². The van der Waals surface area contributed by atoms with E-state index in [1.54, 1.807) is 26.2 Å². The Hall–Kier alpha value is -2.70. The molecule has 20 heavy (non-hydrogen) atoms. The maximum Gasteiger partial charge on any atom is 0.288 e. The number of para-hydroxylation sites is 1. The fourth-order valence-electron chi connectivity index (χ4n) is 1.67. The molecule has 0 radical (unpaired) electrons. The van der Waals surface area contributed by atoms with Crippen molar-refractivity contribution in [3.8, 4) is 5.75 Å². The zero-order chi connectivity index (χ0) is 14.5. The van der Waals surface area contributed by atoms with Gasteiger partial charge in [0, 0.05) is 5.56 Å². The van der Waals surface area contributed by atoms with Crippen molar-refractivity contribution in [2.24, 2.45) is 16.1 Å². The van der Waals surface area contributed by atoms with Gasteiger partial charge in [0.1, 0.15) is 11.5 Å². The lowest BCUT2D eigenvalue weighted by Gasteiger charge is -2.04. The smallest absolute Gasteiger partial charge is 0.288 e. The lowest BCUT2D eigenvalue weighted by atomic mass is 10.1. The van der Waals surface area contributed by atoms with Gasteiger partial charge in [-0.1, -0.05) is 12.1 Å². The quantitative estimate of drug-likeness (QED) is 0.609. The molecule has 1 aliphatic rings. The van der Waals surface area contributed by atoms with Gasteiger partial charge in [0.05, 0.1) is 19.2 Å². The molecule has 2 N–H and O–H groups in total. The molecule has 1 aromatic carbocycles. The van der Waals surface area contributed by atoms with Crippen LogP contribution in [0, 0.1) is 5.92 Å². The van der Waals surface area contributed by atoms with Crippen molar-refractivity contribution in [1.29, 1.82) is 0 Å². The molecule has 2 rings (SSSR count). The van der Waals surface area contributed by atoms with Crippen LogP contribution in [0.4, 0.5) is 0 Å². The summed E-state index contributed by atoms with van der Waals surface area (Å²) in [6, 6.07) is 7.25. The number of rotatable bonds is 4. The second kappa shape index (κ2) is 5.96. The number of hydrogen-bond acceptors (Lipinski definition) is 5. The minimum absolute atomic E-state index is 0.118. The Morgan fingerprint density at radius 2 is 2.25 bits per heavy atom. The monoisotopic (exact) mass is 274 g/mol. The van der Waals surface area contributed by atoms with E-state index in [9.17, 15) is 9.59 Å². The highest BCUT2D eigenvalue weighted by atomic mass is 16.5. The van der Waals surface area contributed by atoms with Crippen LogP contribution in [0.3, 0.4) is 0 Å². The Balaban J connectivity index is 2.00. The third-order valence-electron chi connectivity index (χ3n) is 2.83. The number of nitrogens with zero attached hydrogens (tertiary/aromatic N) is 2. The first-order valence-corrected chi connectivity index (χ1v) is 5.97. The average molecular weight is 274 g/mol. The number of benzene rings is 1. The van der Waals surface area contributed by atoms with Crippen molar-refractivity contribution in [1.82, 2.24) is 10.9 Å². The van der Waals surface area contributed by atoms with Crippen LogP contribution < -0.4 is 15.6 Å². The highest BCUT2D eigenvalue weighted by molar-refractivity contribution is 6.44. The van der Waals surface area contributed by atoms with E-state index in [4.69, 9.17) is 4.74 Å². The van der Waals surface area contributed by atoms with Crippen LogP contribution in [-0.2, 0) is 9.59 Å². The topological polar surface area (TPSA) is 92.2 Å². The Bertz CT molecular complexity index is 595. The van der Waals surface area contributed by atoms with Gasteiger partial charge in [-0.15, -0.1) is 0 Å². The van der Waals surface area contributed by atoms with Crippen molar-refractivity contribution in [2.75, 3.05) is 7.11 Å². The molecule has 1 atom stereocenters. The minimum Gasteiger partial charge on any atom is -0.496 e. The van der Waals surface area contributed by atoms with Gasteiger partial charge in [-0.25, -0.2) is 10.9 Å². The van der Waals surface area contributed by atoms with Gasteiger partial charge in [-0.3, -0.25) is 9.59 Å². The molecule has 1 aliphatic heterocycles. The molecular formula is C13H14N4O3. The molecule has 0 fully saturated rings. The Kier molecular flexibility index (Phi) is 4.09. The van der Waals surface area contributed by atoms with Crippen molar-refractivity contribution >= 4 is 23.7 Å². The molecule has 1 unspecified atom stereocenters. The minimum atomic E-state index is -0.573. The molecule has 0 bridgehead atoms.